The van der Waals surface area contributed by atoms with Gasteiger partial charge in [-0.1, -0.05) is 6.07 Å². The molecule has 1 unspecified atom stereocenters. The van der Waals surface area contributed by atoms with Gasteiger partial charge in [0.1, 0.15) is 12.1 Å². The number of rotatable bonds is 6. The van der Waals surface area contributed by atoms with Crippen LogP contribution < -0.4 is 10.1 Å². The summed E-state index contributed by atoms with van der Waals surface area (Å²) < 4.78 is 10.5. The number of hydrogen-bond donors (Lipinski definition) is 1. The van der Waals surface area contributed by atoms with Gasteiger partial charge in [0, 0.05) is 18.7 Å². The van der Waals surface area contributed by atoms with Crippen LogP contribution in [0.1, 0.15) is 24.1 Å². The van der Waals surface area contributed by atoms with Crippen molar-refractivity contribution in [1.29, 1.82) is 0 Å². The second kappa shape index (κ2) is 6.86. The maximum Gasteiger partial charge on any atom is 0.124 e. The van der Waals surface area contributed by atoms with Crippen molar-refractivity contribution >= 4 is 5.69 Å². The Morgan fingerprint density at radius 1 is 1.20 bits per heavy atom. The van der Waals surface area contributed by atoms with Crippen molar-refractivity contribution < 1.29 is 9.47 Å². The number of ether oxygens (including phenoxy) is 2. The SMILES string of the molecule is COCc1cc(C(C)Nc2cncnc2)ccc1OC. The fraction of sp³-hybridized carbons (Fsp3) is 0.333. The third-order valence-electron chi connectivity index (χ3n) is 3.05. The lowest BCUT2D eigenvalue weighted by atomic mass is 10.0. The Hall–Kier alpha value is -2.14. The molecule has 5 nitrogen and oxygen atoms in total. The van der Waals surface area contributed by atoms with Gasteiger partial charge in [-0.15, -0.1) is 0 Å². The zero-order chi connectivity index (χ0) is 14.4. The predicted octanol–water partition coefficient (Wildman–Crippen LogP) is 2.80. The molecule has 1 atom stereocenters. The summed E-state index contributed by atoms with van der Waals surface area (Å²) in [5, 5.41) is 3.36. The quantitative estimate of drug-likeness (QED) is 0.877. The molecule has 0 spiro atoms. The van der Waals surface area contributed by atoms with E-state index in [1.54, 1.807) is 26.6 Å². The van der Waals surface area contributed by atoms with Crippen molar-refractivity contribution in [2.45, 2.75) is 19.6 Å². The predicted molar refractivity (Wildman–Crippen MR) is 77.8 cm³/mol. The van der Waals surface area contributed by atoms with E-state index in [1.807, 2.05) is 12.1 Å². The molecule has 1 N–H and O–H groups in total. The van der Waals surface area contributed by atoms with E-state index in [9.17, 15) is 0 Å². The smallest absolute Gasteiger partial charge is 0.124 e. The fourth-order valence-corrected chi connectivity index (χ4v) is 2.04. The number of hydrogen-bond acceptors (Lipinski definition) is 5. The summed E-state index contributed by atoms with van der Waals surface area (Å²) in [6.45, 7) is 2.61. The molecule has 0 aliphatic rings. The Morgan fingerprint density at radius 2 is 1.95 bits per heavy atom. The standard InChI is InChI=1S/C15H19N3O2/c1-11(18-14-7-16-10-17-8-14)12-4-5-15(20-3)13(6-12)9-19-2/h4-8,10-11,18H,9H2,1-3H3. The number of anilines is 1. The van der Waals surface area contributed by atoms with Gasteiger partial charge in [-0.2, -0.15) is 0 Å². The second-order valence-corrected chi connectivity index (χ2v) is 4.50. The normalized spacial score (nSPS) is 11.9. The van der Waals surface area contributed by atoms with Crippen LogP contribution in [-0.4, -0.2) is 24.2 Å². The zero-order valence-electron chi connectivity index (χ0n) is 12.0. The molecule has 0 saturated heterocycles. The molecule has 20 heavy (non-hydrogen) atoms. The first-order valence-corrected chi connectivity index (χ1v) is 6.42. The van der Waals surface area contributed by atoms with E-state index in [1.165, 1.54) is 6.33 Å². The number of aromatic nitrogens is 2. The molecule has 106 valence electrons. The summed E-state index contributed by atoms with van der Waals surface area (Å²) in [5.41, 5.74) is 3.08. The van der Waals surface area contributed by atoms with E-state index in [2.05, 4.69) is 28.3 Å². The van der Waals surface area contributed by atoms with Crippen molar-refractivity contribution in [1.82, 2.24) is 9.97 Å². The van der Waals surface area contributed by atoms with Crippen LogP contribution in [0.15, 0.2) is 36.9 Å². The summed E-state index contributed by atoms with van der Waals surface area (Å²) in [5.74, 6) is 0.839. The van der Waals surface area contributed by atoms with Gasteiger partial charge in [0.15, 0.2) is 0 Å². The van der Waals surface area contributed by atoms with Gasteiger partial charge in [0.05, 0.1) is 31.8 Å². The number of methoxy groups -OCH3 is 2. The molecule has 0 radical (unpaired) electrons. The molecule has 2 rings (SSSR count). The third kappa shape index (κ3) is 3.45. The lowest BCUT2D eigenvalue weighted by molar-refractivity contribution is 0.181. The van der Waals surface area contributed by atoms with Gasteiger partial charge >= 0.3 is 0 Å². The highest BCUT2D eigenvalue weighted by Gasteiger charge is 2.10. The summed E-state index contributed by atoms with van der Waals surface area (Å²) in [6, 6.07) is 6.23. The molecular weight excluding hydrogens is 254 g/mol. The first-order chi connectivity index (χ1) is 9.74. The molecule has 0 aliphatic carbocycles. The van der Waals surface area contributed by atoms with Gasteiger partial charge < -0.3 is 14.8 Å². The van der Waals surface area contributed by atoms with E-state index in [0.717, 1.165) is 22.6 Å². The molecule has 0 aliphatic heterocycles. The highest BCUT2D eigenvalue weighted by molar-refractivity contribution is 5.43. The van der Waals surface area contributed by atoms with Crippen LogP contribution >= 0.6 is 0 Å². The Kier molecular flexibility index (Phi) is 4.90. The van der Waals surface area contributed by atoms with Crippen molar-refractivity contribution in [3.8, 4) is 5.75 Å². The lowest BCUT2D eigenvalue weighted by Crippen LogP contribution is -2.08. The second-order valence-electron chi connectivity index (χ2n) is 4.50. The molecule has 1 aromatic carbocycles. The average molecular weight is 273 g/mol. The highest BCUT2D eigenvalue weighted by Crippen LogP contribution is 2.25. The van der Waals surface area contributed by atoms with Crippen LogP contribution in [0, 0.1) is 0 Å². The minimum Gasteiger partial charge on any atom is -0.496 e. The maximum absolute atomic E-state index is 5.33. The Bertz CT molecular complexity index is 546. The molecule has 0 bridgehead atoms. The van der Waals surface area contributed by atoms with E-state index >= 15 is 0 Å². The summed E-state index contributed by atoms with van der Waals surface area (Å²) in [6.07, 6.45) is 5.02. The monoisotopic (exact) mass is 273 g/mol. The molecule has 0 amide bonds. The molecule has 1 aromatic heterocycles. The Balaban J connectivity index is 2.17. The summed E-state index contributed by atoms with van der Waals surface area (Å²) in [4.78, 5) is 7.98. The van der Waals surface area contributed by atoms with Gasteiger partial charge in [0.25, 0.3) is 0 Å². The van der Waals surface area contributed by atoms with E-state index in [4.69, 9.17) is 9.47 Å². The zero-order valence-corrected chi connectivity index (χ0v) is 12.0. The average Bonchev–Trinajstić information content (AvgIpc) is 2.48. The third-order valence-corrected chi connectivity index (χ3v) is 3.05. The van der Waals surface area contributed by atoms with E-state index in [0.29, 0.717) is 6.61 Å². The van der Waals surface area contributed by atoms with Crippen molar-refractivity contribution in [2.75, 3.05) is 19.5 Å². The topological polar surface area (TPSA) is 56.3 Å². The summed E-state index contributed by atoms with van der Waals surface area (Å²) in [7, 11) is 3.34. The van der Waals surface area contributed by atoms with E-state index in [-0.39, 0.29) is 6.04 Å². The van der Waals surface area contributed by atoms with Crippen LogP contribution in [0.2, 0.25) is 0 Å². The van der Waals surface area contributed by atoms with Crippen LogP contribution in [-0.2, 0) is 11.3 Å². The molecular formula is C15H19N3O2. The maximum atomic E-state index is 5.33. The van der Waals surface area contributed by atoms with Crippen LogP contribution in [0.25, 0.3) is 0 Å². The minimum atomic E-state index is 0.141. The van der Waals surface area contributed by atoms with Gasteiger partial charge in [0.2, 0.25) is 0 Å². The largest absolute Gasteiger partial charge is 0.496 e. The van der Waals surface area contributed by atoms with Crippen molar-refractivity contribution in [2.24, 2.45) is 0 Å². The first kappa shape index (κ1) is 14.3. The number of benzene rings is 1. The molecule has 5 heteroatoms. The van der Waals surface area contributed by atoms with Gasteiger partial charge in [-0.05, 0) is 24.6 Å². The molecule has 1 heterocycles. The Morgan fingerprint density at radius 3 is 2.60 bits per heavy atom. The fourth-order valence-electron chi connectivity index (χ4n) is 2.04. The highest BCUT2D eigenvalue weighted by atomic mass is 16.5. The Labute approximate surface area is 119 Å². The van der Waals surface area contributed by atoms with Gasteiger partial charge in [-0.25, -0.2) is 9.97 Å². The van der Waals surface area contributed by atoms with Crippen molar-refractivity contribution in [3.63, 3.8) is 0 Å². The summed E-state index contributed by atoms with van der Waals surface area (Å²) >= 11 is 0. The lowest BCUT2D eigenvalue weighted by Gasteiger charge is -2.17. The van der Waals surface area contributed by atoms with Crippen LogP contribution in [0.4, 0.5) is 5.69 Å². The minimum absolute atomic E-state index is 0.141. The molecule has 0 saturated carbocycles. The van der Waals surface area contributed by atoms with E-state index < -0.39 is 0 Å². The molecule has 0 fully saturated rings. The first-order valence-electron chi connectivity index (χ1n) is 6.42. The van der Waals surface area contributed by atoms with Gasteiger partial charge in [-0.3, -0.25) is 0 Å². The van der Waals surface area contributed by atoms with Crippen molar-refractivity contribution in [3.05, 3.63) is 48.0 Å². The molecule has 2 aromatic rings. The number of nitrogens with one attached hydrogen (secondary N) is 1. The van der Waals surface area contributed by atoms with Crippen LogP contribution in [0.5, 0.6) is 5.75 Å². The number of nitrogens with zero attached hydrogens (tertiary/aromatic N) is 2. The van der Waals surface area contributed by atoms with Crippen LogP contribution in [0.3, 0.4) is 0 Å².